The van der Waals surface area contributed by atoms with Gasteiger partial charge in [0, 0.05) is 22.3 Å². The van der Waals surface area contributed by atoms with E-state index in [2.05, 4.69) is 27.7 Å². The standard InChI is InChI=1S/C10H18OS/c1-7-8(11)5-6-9(7)12-10(2,3)4/h7,9H,5-6H2,1-4H3. The summed E-state index contributed by atoms with van der Waals surface area (Å²) in [6, 6.07) is 0. The van der Waals surface area contributed by atoms with Crippen molar-refractivity contribution in [2.24, 2.45) is 5.92 Å². The fraction of sp³-hybridized carbons (Fsp3) is 0.900. The first kappa shape index (κ1) is 10.1. The SMILES string of the molecule is CC1C(=O)CCC1SC(C)(C)C. The fourth-order valence-corrected chi connectivity index (χ4v) is 3.08. The minimum absolute atomic E-state index is 0.286. The number of ketones is 1. The lowest BCUT2D eigenvalue weighted by Crippen LogP contribution is -2.19. The van der Waals surface area contributed by atoms with E-state index >= 15 is 0 Å². The van der Waals surface area contributed by atoms with Crippen LogP contribution in [0.4, 0.5) is 0 Å². The van der Waals surface area contributed by atoms with Crippen molar-refractivity contribution in [3.63, 3.8) is 0 Å². The predicted molar refractivity (Wildman–Crippen MR) is 54.5 cm³/mol. The van der Waals surface area contributed by atoms with Gasteiger partial charge in [0.2, 0.25) is 0 Å². The van der Waals surface area contributed by atoms with Gasteiger partial charge in [-0.3, -0.25) is 4.79 Å². The highest BCUT2D eigenvalue weighted by Crippen LogP contribution is 2.39. The molecule has 2 heteroatoms. The Balaban J connectivity index is 2.50. The molecule has 1 fully saturated rings. The van der Waals surface area contributed by atoms with Crippen LogP contribution in [-0.2, 0) is 4.79 Å². The Morgan fingerprint density at radius 2 is 2.00 bits per heavy atom. The molecule has 12 heavy (non-hydrogen) atoms. The smallest absolute Gasteiger partial charge is 0.136 e. The largest absolute Gasteiger partial charge is 0.299 e. The van der Waals surface area contributed by atoms with E-state index in [1.165, 1.54) is 0 Å². The van der Waals surface area contributed by atoms with Crippen LogP contribution >= 0.6 is 11.8 Å². The quantitative estimate of drug-likeness (QED) is 0.626. The van der Waals surface area contributed by atoms with Crippen LogP contribution in [0.15, 0.2) is 0 Å². The Hall–Kier alpha value is 0.0200. The summed E-state index contributed by atoms with van der Waals surface area (Å²) in [5.74, 6) is 0.742. The second kappa shape index (κ2) is 3.41. The van der Waals surface area contributed by atoms with E-state index in [1.807, 2.05) is 11.8 Å². The highest BCUT2D eigenvalue weighted by Gasteiger charge is 2.33. The van der Waals surface area contributed by atoms with Crippen molar-refractivity contribution in [1.82, 2.24) is 0 Å². The monoisotopic (exact) mass is 186 g/mol. The molecule has 2 unspecified atom stereocenters. The zero-order valence-electron chi connectivity index (χ0n) is 8.39. The number of hydrogen-bond donors (Lipinski definition) is 0. The summed E-state index contributed by atoms with van der Waals surface area (Å²) < 4.78 is 0.295. The lowest BCUT2D eigenvalue weighted by atomic mass is 10.1. The Morgan fingerprint density at radius 1 is 1.42 bits per heavy atom. The van der Waals surface area contributed by atoms with Crippen LogP contribution in [0.5, 0.6) is 0 Å². The minimum Gasteiger partial charge on any atom is -0.299 e. The van der Waals surface area contributed by atoms with Crippen LogP contribution in [0.2, 0.25) is 0 Å². The molecule has 0 spiro atoms. The highest BCUT2D eigenvalue weighted by molar-refractivity contribution is 8.01. The topological polar surface area (TPSA) is 17.1 Å². The van der Waals surface area contributed by atoms with E-state index in [1.54, 1.807) is 0 Å². The number of carbonyl (C=O) groups excluding carboxylic acids is 1. The molecule has 1 nitrogen and oxygen atoms in total. The molecule has 0 N–H and O–H groups in total. The van der Waals surface area contributed by atoms with Crippen LogP contribution < -0.4 is 0 Å². The zero-order chi connectivity index (χ0) is 9.35. The molecule has 0 heterocycles. The Morgan fingerprint density at radius 3 is 2.33 bits per heavy atom. The van der Waals surface area contributed by atoms with Crippen molar-refractivity contribution in [1.29, 1.82) is 0 Å². The molecule has 0 aromatic carbocycles. The summed E-state index contributed by atoms with van der Waals surface area (Å²) in [6.07, 6.45) is 1.89. The van der Waals surface area contributed by atoms with Gasteiger partial charge in [0.25, 0.3) is 0 Å². The molecule has 0 aromatic heterocycles. The lowest BCUT2D eigenvalue weighted by molar-refractivity contribution is -0.120. The van der Waals surface area contributed by atoms with E-state index in [9.17, 15) is 4.79 Å². The molecule has 0 bridgehead atoms. The van der Waals surface area contributed by atoms with E-state index < -0.39 is 0 Å². The maximum atomic E-state index is 11.3. The maximum absolute atomic E-state index is 11.3. The van der Waals surface area contributed by atoms with Crippen LogP contribution in [0.3, 0.4) is 0 Å². The van der Waals surface area contributed by atoms with Gasteiger partial charge in [-0.25, -0.2) is 0 Å². The third kappa shape index (κ3) is 2.51. The molecule has 0 aromatic rings. The summed E-state index contributed by atoms with van der Waals surface area (Å²) in [5, 5.41) is 0.567. The third-order valence-electron chi connectivity index (χ3n) is 2.25. The molecular weight excluding hydrogens is 168 g/mol. The first-order valence-corrected chi connectivity index (χ1v) is 5.48. The van der Waals surface area contributed by atoms with Gasteiger partial charge < -0.3 is 0 Å². The van der Waals surface area contributed by atoms with E-state index in [0.717, 1.165) is 12.8 Å². The molecule has 0 amide bonds. The van der Waals surface area contributed by atoms with Crippen molar-refractivity contribution in [3.05, 3.63) is 0 Å². The average Bonchev–Trinajstić information content (AvgIpc) is 2.16. The van der Waals surface area contributed by atoms with E-state index in [0.29, 0.717) is 15.8 Å². The van der Waals surface area contributed by atoms with Gasteiger partial charge in [0.05, 0.1) is 0 Å². The molecule has 0 aliphatic heterocycles. The first-order chi connectivity index (χ1) is 5.40. The lowest BCUT2D eigenvalue weighted by Gasteiger charge is -2.24. The minimum atomic E-state index is 0.286. The predicted octanol–water partition coefficient (Wildman–Crippen LogP) is 2.89. The third-order valence-corrected chi connectivity index (χ3v) is 3.90. The number of carbonyl (C=O) groups is 1. The van der Waals surface area contributed by atoms with Gasteiger partial charge >= 0.3 is 0 Å². The molecule has 1 rings (SSSR count). The Labute approximate surface area is 79.3 Å². The molecule has 0 radical (unpaired) electrons. The van der Waals surface area contributed by atoms with Crippen LogP contribution in [0, 0.1) is 5.92 Å². The van der Waals surface area contributed by atoms with Gasteiger partial charge in [-0.2, -0.15) is 11.8 Å². The summed E-state index contributed by atoms with van der Waals surface area (Å²) in [4.78, 5) is 11.3. The van der Waals surface area contributed by atoms with E-state index in [-0.39, 0.29) is 5.92 Å². The molecule has 0 saturated heterocycles. The van der Waals surface area contributed by atoms with Gasteiger partial charge in [0.15, 0.2) is 0 Å². The van der Waals surface area contributed by atoms with Crippen molar-refractivity contribution >= 4 is 17.5 Å². The Kier molecular flexibility index (Phi) is 2.87. The van der Waals surface area contributed by atoms with Crippen molar-refractivity contribution in [3.8, 4) is 0 Å². The van der Waals surface area contributed by atoms with Crippen LogP contribution in [0.1, 0.15) is 40.5 Å². The van der Waals surface area contributed by atoms with E-state index in [4.69, 9.17) is 0 Å². The van der Waals surface area contributed by atoms with Crippen LogP contribution in [-0.4, -0.2) is 15.8 Å². The zero-order valence-corrected chi connectivity index (χ0v) is 9.20. The Bertz CT molecular complexity index is 181. The number of Topliss-reactive ketones (excluding diaryl/α,β-unsaturated/α-hetero) is 1. The fourth-order valence-electron chi connectivity index (χ4n) is 1.58. The van der Waals surface area contributed by atoms with Gasteiger partial charge in [-0.05, 0) is 6.42 Å². The summed E-state index contributed by atoms with van der Waals surface area (Å²) >= 11 is 1.96. The first-order valence-electron chi connectivity index (χ1n) is 4.61. The number of rotatable bonds is 1. The normalized spacial score (nSPS) is 31.2. The second-order valence-corrected chi connectivity index (χ2v) is 6.63. The summed E-state index contributed by atoms with van der Waals surface area (Å²) in [5.41, 5.74) is 0. The molecule has 1 aliphatic carbocycles. The number of thioether (sulfide) groups is 1. The molecule has 1 aliphatic rings. The van der Waals surface area contributed by atoms with Gasteiger partial charge in [0.1, 0.15) is 5.78 Å². The second-order valence-electron chi connectivity index (χ2n) is 4.56. The van der Waals surface area contributed by atoms with Crippen molar-refractivity contribution in [2.75, 3.05) is 0 Å². The van der Waals surface area contributed by atoms with Crippen molar-refractivity contribution in [2.45, 2.75) is 50.5 Å². The summed E-state index contributed by atoms with van der Waals surface area (Å²) in [6.45, 7) is 8.71. The highest BCUT2D eigenvalue weighted by atomic mass is 32.2. The van der Waals surface area contributed by atoms with Gasteiger partial charge in [-0.15, -0.1) is 0 Å². The molecular formula is C10H18OS. The average molecular weight is 186 g/mol. The molecule has 70 valence electrons. The van der Waals surface area contributed by atoms with Crippen LogP contribution in [0.25, 0.3) is 0 Å². The maximum Gasteiger partial charge on any atom is 0.136 e. The van der Waals surface area contributed by atoms with Gasteiger partial charge in [-0.1, -0.05) is 27.7 Å². The van der Waals surface area contributed by atoms with Crippen molar-refractivity contribution < 1.29 is 4.79 Å². The number of hydrogen-bond acceptors (Lipinski definition) is 2. The molecule has 2 atom stereocenters. The molecule has 1 saturated carbocycles. The summed E-state index contributed by atoms with van der Waals surface area (Å²) in [7, 11) is 0.